The average molecular weight is 598 g/mol. The van der Waals surface area contributed by atoms with Crippen LogP contribution in [0.2, 0.25) is 0 Å². The Balaban J connectivity index is 1.56. The quantitative estimate of drug-likeness (QED) is 0.148. The third-order valence-electron chi connectivity index (χ3n) is 6.83. The van der Waals surface area contributed by atoms with E-state index in [-0.39, 0.29) is 29.7 Å². The van der Waals surface area contributed by atoms with Crippen LogP contribution < -0.4 is 22.1 Å². The van der Waals surface area contributed by atoms with E-state index in [1.807, 2.05) is 37.4 Å². The number of pyridine rings is 1. The van der Waals surface area contributed by atoms with Crippen LogP contribution in [0.5, 0.6) is 0 Å². The summed E-state index contributed by atoms with van der Waals surface area (Å²) < 4.78 is 58.7. The molecule has 226 valence electrons. The zero-order valence-electron chi connectivity index (χ0n) is 23.5. The van der Waals surface area contributed by atoms with Gasteiger partial charge in [-0.05, 0) is 48.4 Å². The Morgan fingerprint density at radius 2 is 1.86 bits per heavy atom. The number of aliphatic imine (C=N–C) groups is 1. The lowest BCUT2D eigenvalue weighted by molar-refractivity contribution is -0.137. The van der Waals surface area contributed by atoms with Gasteiger partial charge in [0, 0.05) is 49.4 Å². The van der Waals surface area contributed by atoms with E-state index in [1.54, 1.807) is 7.11 Å². The lowest BCUT2D eigenvalue weighted by Crippen LogP contribution is -2.29. The van der Waals surface area contributed by atoms with Gasteiger partial charge < -0.3 is 31.7 Å². The number of carbonyl (C=O) groups is 1. The molecule has 0 spiro atoms. The molecule has 0 radical (unpaired) electrons. The predicted molar refractivity (Wildman–Crippen MR) is 157 cm³/mol. The number of halogens is 4. The minimum Gasteiger partial charge on any atom is -0.390 e. The standard InChI is InChI=1S/C30H31F4N7O2/c1-18-26(27(36)39-17-35)25(16-41(18)11-12-43-2)20-5-3-19(4-6-20)14-37-28-24(13-21(15-38-28)30(32,33)34)29(42)40-23-9-7-22(31)8-10-23/h3-10,13,15-18H,11-12,14,36H2,1-2H3,(H2,35,39)(H,37,38)(H,40,42)/b27-26+. The van der Waals surface area contributed by atoms with Crippen molar-refractivity contribution in [3.8, 4) is 0 Å². The molecule has 0 saturated carbocycles. The molecule has 1 amide bonds. The van der Waals surface area contributed by atoms with E-state index in [2.05, 4.69) is 25.5 Å². The molecule has 43 heavy (non-hydrogen) atoms. The van der Waals surface area contributed by atoms with Gasteiger partial charge in [0.2, 0.25) is 0 Å². The van der Waals surface area contributed by atoms with Crippen LogP contribution in [0, 0.1) is 5.82 Å². The molecule has 1 aliphatic heterocycles. The number of carbonyl (C=O) groups excluding carboxylic acids is 1. The Bertz CT molecular complexity index is 1540. The topological polar surface area (TPSA) is 131 Å². The Morgan fingerprint density at radius 1 is 1.16 bits per heavy atom. The fraction of sp³-hybridized carbons (Fsp3) is 0.233. The first kappa shape index (κ1) is 31.0. The van der Waals surface area contributed by atoms with Crippen molar-refractivity contribution >= 4 is 29.3 Å². The van der Waals surface area contributed by atoms with E-state index < -0.39 is 23.5 Å². The highest BCUT2D eigenvalue weighted by molar-refractivity contribution is 6.07. The maximum Gasteiger partial charge on any atom is 0.417 e. The van der Waals surface area contributed by atoms with Gasteiger partial charge in [-0.2, -0.15) is 13.2 Å². The second-order valence-electron chi connectivity index (χ2n) is 9.66. The molecule has 0 saturated heterocycles. The Kier molecular flexibility index (Phi) is 9.66. The Labute approximate surface area is 245 Å². The van der Waals surface area contributed by atoms with Gasteiger partial charge in [0.15, 0.2) is 0 Å². The van der Waals surface area contributed by atoms with Crippen LogP contribution in [0.4, 0.5) is 29.1 Å². The number of nitrogens with two attached hydrogens (primary N) is 2. The molecule has 4 rings (SSSR count). The number of anilines is 2. The molecule has 13 heteroatoms. The van der Waals surface area contributed by atoms with Crippen molar-refractivity contribution in [2.45, 2.75) is 25.7 Å². The minimum absolute atomic E-state index is 0.0459. The fourth-order valence-electron chi connectivity index (χ4n) is 4.58. The molecule has 1 unspecified atom stereocenters. The lowest BCUT2D eigenvalue weighted by atomic mass is 9.96. The largest absolute Gasteiger partial charge is 0.417 e. The number of hydrogen-bond acceptors (Lipinski definition) is 7. The van der Waals surface area contributed by atoms with E-state index in [0.29, 0.717) is 25.2 Å². The number of aromatic nitrogens is 1. The van der Waals surface area contributed by atoms with Crippen molar-refractivity contribution in [1.29, 1.82) is 0 Å². The summed E-state index contributed by atoms with van der Waals surface area (Å²) in [5.41, 5.74) is 13.9. The van der Waals surface area contributed by atoms with Crippen LogP contribution in [0.15, 0.2) is 83.4 Å². The van der Waals surface area contributed by atoms with Crippen molar-refractivity contribution in [2.75, 3.05) is 30.9 Å². The maximum atomic E-state index is 13.4. The molecule has 1 aromatic heterocycles. The summed E-state index contributed by atoms with van der Waals surface area (Å²) in [7, 11) is 1.63. The summed E-state index contributed by atoms with van der Waals surface area (Å²) >= 11 is 0. The first-order valence-corrected chi connectivity index (χ1v) is 13.2. The van der Waals surface area contributed by atoms with Crippen LogP contribution in [0.3, 0.4) is 0 Å². The first-order valence-electron chi connectivity index (χ1n) is 13.2. The van der Waals surface area contributed by atoms with Crippen LogP contribution >= 0.6 is 0 Å². The summed E-state index contributed by atoms with van der Waals surface area (Å²) in [6.45, 7) is 3.33. The Hall–Kier alpha value is -4.91. The van der Waals surface area contributed by atoms with Gasteiger partial charge >= 0.3 is 6.18 Å². The van der Waals surface area contributed by atoms with Crippen molar-refractivity contribution < 1.29 is 27.1 Å². The second-order valence-corrected chi connectivity index (χ2v) is 9.66. The van der Waals surface area contributed by atoms with Crippen LogP contribution in [-0.2, 0) is 17.5 Å². The molecule has 2 aromatic carbocycles. The van der Waals surface area contributed by atoms with E-state index >= 15 is 0 Å². The zero-order valence-corrected chi connectivity index (χ0v) is 23.5. The number of nitrogens with one attached hydrogen (secondary N) is 2. The van der Waals surface area contributed by atoms with Gasteiger partial charge in [-0.3, -0.25) is 4.79 Å². The van der Waals surface area contributed by atoms with Crippen molar-refractivity contribution in [1.82, 2.24) is 9.88 Å². The van der Waals surface area contributed by atoms with Crippen molar-refractivity contribution in [2.24, 2.45) is 16.5 Å². The highest BCUT2D eigenvalue weighted by atomic mass is 19.4. The number of rotatable bonds is 10. The maximum absolute atomic E-state index is 13.4. The molecule has 0 bridgehead atoms. The predicted octanol–water partition coefficient (Wildman–Crippen LogP) is 4.95. The van der Waals surface area contributed by atoms with Gasteiger partial charge in [0.1, 0.15) is 17.5 Å². The van der Waals surface area contributed by atoms with Crippen LogP contribution in [-0.4, -0.2) is 48.4 Å². The lowest BCUT2D eigenvalue weighted by Gasteiger charge is -2.23. The van der Waals surface area contributed by atoms with Gasteiger partial charge in [-0.25, -0.2) is 14.4 Å². The number of benzene rings is 2. The van der Waals surface area contributed by atoms with Crippen LogP contribution in [0.1, 0.15) is 34.0 Å². The molecule has 1 aliphatic rings. The zero-order chi connectivity index (χ0) is 31.1. The molecule has 0 aliphatic carbocycles. The van der Waals surface area contributed by atoms with Gasteiger partial charge in [0.25, 0.3) is 5.91 Å². The smallest absolute Gasteiger partial charge is 0.390 e. The molecule has 2 heterocycles. The van der Waals surface area contributed by atoms with E-state index in [1.165, 1.54) is 12.1 Å². The number of amides is 1. The van der Waals surface area contributed by atoms with Gasteiger partial charge in [-0.1, -0.05) is 24.3 Å². The second kappa shape index (κ2) is 13.4. The van der Waals surface area contributed by atoms with Crippen LogP contribution in [0.25, 0.3) is 5.57 Å². The van der Waals surface area contributed by atoms with E-state index in [0.717, 1.165) is 46.8 Å². The van der Waals surface area contributed by atoms with Crippen molar-refractivity contribution in [3.05, 3.63) is 106 Å². The number of alkyl halides is 3. The molecule has 3 aromatic rings. The molecule has 1 atom stereocenters. The summed E-state index contributed by atoms with van der Waals surface area (Å²) in [4.78, 5) is 23.0. The molecule has 0 fully saturated rings. The van der Waals surface area contributed by atoms with E-state index in [9.17, 15) is 22.4 Å². The first-order chi connectivity index (χ1) is 20.5. The summed E-state index contributed by atoms with van der Waals surface area (Å²) in [6.07, 6.45) is -0.915. The highest BCUT2D eigenvalue weighted by Crippen LogP contribution is 2.36. The molecular formula is C30H31F4N7O2. The number of methoxy groups -OCH3 is 1. The number of hydrogen-bond donors (Lipinski definition) is 4. The van der Waals surface area contributed by atoms with Gasteiger partial charge in [0.05, 0.1) is 30.1 Å². The monoisotopic (exact) mass is 597 g/mol. The molecule has 6 N–H and O–H groups in total. The molecule has 9 nitrogen and oxygen atoms in total. The SMILES string of the molecule is COCCN1C=C(c2ccc(CNc3ncc(C(F)(F)F)cc3C(=O)Nc3ccc(F)cc3)cc2)/C(=C(N)/N=C\N)C1C. The van der Waals surface area contributed by atoms with Crippen molar-refractivity contribution in [3.63, 3.8) is 0 Å². The Morgan fingerprint density at radius 3 is 2.49 bits per heavy atom. The minimum atomic E-state index is -4.70. The normalized spacial score (nSPS) is 16.4. The summed E-state index contributed by atoms with van der Waals surface area (Å²) in [5, 5.41) is 5.44. The molecular weight excluding hydrogens is 566 g/mol. The van der Waals surface area contributed by atoms with E-state index in [4.69, 9.17) is 16.2 Å². The highest BCUT2D eigenvalue weighted by Gasteiger charge is 2.33. The number of nitrogens with zero attached hydrogens (tertiary/aromatic N) is 3. The van der Waals surface area contributed by atoms with Gasteiger partial charge in [-0.15, -0.1) is 0 Å². The number of ether oxygens (including phenoxy) is 1. The summed E-state index contributed by atoms with van der Waals surface area (Å²) in [6, 6.07) is 13.0. The average Bonchev–Trinajstić information content (AvgIpc) is 3.31. The fourth-order valence-corrected chi connectivity index (χ4v) is 4.58. The third-order valence-corrected chi connectivity index (χ3v) is 6.83. The summed E-state index contributed by atoms with van der Waals surface area (Å²) in [5.74, 6) is -1.10. The third kappa shape index (κ3) is 7.49.